The van der Waals surface area contributed by atoms with Crippen LogP contribution in [0.3, 0.4) is 0 Å². The highest BCUT2D eigenvalue weighted by molar-refractivity contribution is 5.86. The Hall–Kier alpha value is -2.42. The second-order valence-electron chi connectivity index (χ2n) is 5.96. The van der Waals surface area contributed by atoms with Crippen LogP contribution in [0.2, 0.25) is 0 Å². The topological polar surface area (TPSA) is 88.4 Å². The Balaban J connectivity index is 1.52. The average molecular weight is 347 g/mol. The van der Waals surface area contributed by atoms with Crippen LogP contribution < -0.4 is 10.2 Å². The van der Waals surface area contributed by atoms with Crippen LogP contribution in [0.25, 0.3) is 11.0 Å². The molecule has 9 nitrogen and oxygen atoms in total. The highest BCUT2D eigenvalue weighted by Gasteiger charge is 2.23. The molecule has 0 spiro atoms. The van der Waals surface area contributed by atoms with Gasteiger partial charge in [0.15, 0.2) is 5.65 Å². The first kappa shape index (κ1) is 17.4. The van der Waals surface area contributed by atoms with E-state index >= 15 is 0 Å². The van der Waals surface area contributed by atoms with Crippen molar-refractivity contribution in [1.82, 2.24) is 30.0 Å². The third-order valence-corrected chi connectivity index (χ3v) is 4.32. The van der Waals surface area contributed by atoms with E-state index in [2.05, 4.69) is 25.3 Å². The summed E-state index contributed by atoms with van der Waals surface area (Å²) in [6, 6.07) is -0.00893. The van der Waals surface area contributed by atoms with Gasteiger partial charge in [-0.1, -0.05) is 0 Å². The molecule has 136 valence electrons. The molecule has 9 heteroatoms. The number of urea groups is 1. The Morgan fingerprint density at radius 2 is 2.08 bits per heavy atom. The zero-order valence-corrected chi connectivity index (χ0v) is 14.8. The number of hydrogen-bond donors (Lipinski definition) is 1. The lowest BCUT2D eigenvalue weighted by atomic mass is 10.3. The van der Waals surface area contributed by atoms with Gasteiger partial charge in [0.1, 0.15) is 12.1 Å². The zero-order chi connectivity index (χ0) is 17.6. The molecule has 1 saturated heterocycles. The number of anilines is 1. The molecule has 1 aliphatic rings. The summed E-state index contributed by atoms with van der Waals surface area (Å²) >= 11 is 0. The number of hydrogen-bond acceptors (Lipinski definition) is 6. The molecule has 25 heavy (non-hydrogen) atoms. The Labute approximate surface area is 147 Å². The molecule has 3 rings (SSSR count). The summed E-state index contributed by atoms with van der Waals surface area (Å²) in [6.45, 7) is 6.83. The molecule has 2 aromatic heterocycles. The van der Waals surface area contributed by atoms with Gasteiger partial charge in [-0.05, 0) is 13.3 Å². The van der Waals surface area contributed by atoms with Crippen molar-refractivity contribution in [1.29, 1.82) is 0 Å². The van der Waals surface area contributed by atoms with Gasteiger partial charge in [0.2, 0.25) is 0 Å². The van der Waals surface area contributed by atoms with Gasteiger partial charge >= 0.3 is 6.03 Å². The predicted molar refractivity (Wildman–Crippen MR) is 94.6 cm³/mol. The minimum atomic E-state index is -0.00893. The van der Waals surface area contributed by atoms with E-state index in [0.29, 0.717) is 32.8 Å². The first-order valence-electron chi connectivity index (χ1n) is 8.69. The van der Waals surface area contributed by atoms with E-state index in [9.17, 15) is 4.79 Å². The van der Waals surface area contributed by atoms with E-state index in [-0.39, 0.29) is 6.03 Å². The van der Waals surface area contributed by atoms with Crippen LogP contribution in [0.15, 0.2) is 12.5 Å². The molecule has 0 bridgehead atoms. The quantitative estimate of drug-likeness (QED) is 0.771. The lowest BCUT2D eigenvalue weighted by molar-refractivity contribution is 0.143. The Kier molecular flexibility index (Phi) is 5.64. The number of amides is 2. The summed E-state index contributed by atoms with van der Waals surface area (Å²) in [6.07, 6.45) is 4.19. The van der Waals surface area contributed by atoms with Crippen LogP contribution in [0.1, 0.15) is 13.3 Å². The fraction of sp³-hybridized carbons (Fsp3) is 0.625. The largest absolute Gasteiger partial charge is 0.382 e. The average Bonchev–Trinajstić information content (AvgIpc) is 3.03. The van der Waals surface area contributed by atoms with Crippen molar-refractivity contribution in [2.45, 2.75) is 13.3 Å². The van der Waals surface area contributed by atoms with E-state index in [1.54, 1.807) is 17.2 Å². The van der Waals surface area contributed by atoms with E-state index in [1.807, 2.05) is 18.9 Å². The van der Waals surface area contributed by atoms with Crippen LogP contribution >= 0.6 is 0 Å². The lowest BCUT2D eigenvalue weighted by Gasteiger charge is -2.35. The highest BCUT2D eigenvalue weighted by Crippen LogP contribution is 2.23. The number of rotatable bonds is 6. The minimum absolute atomic E-state index is 0.00893. The summed E-state index contributed by atoms with van der Waals surface area (Å²) in [5.41, 5.74) is 0.819. The van der Waals surface area contributed by atoms with Crippen LogP contribution in [-0.4, -0.2) is 76.6 Å². The first-order valence-corrected chi connectivity index (χ1v) is 8.69. The van der Waals surface area contributed by atoms with E-state index in [1.165, 1.54) is 0 Å². The molecule has 2 aromatic rings. The Bertz CT molecular complexity index is 710. The summed E-state index contributed by atoms with van der Waals surface area (Å²) < 4.78 is 7.01. The van der Waals surface area contributed by atoms with Crippen molar-refractivity contribution in [3.05, 3.63) is 12.5 Å². The van der Waals surface area contributed by atoms with E-state index in [0.717, 1.165) is 36.4 Å². The maximum Gasteiger partial charge on any atom is 0.317 e. The second-order valence-corrected chi connectivity index (χ2v) is 5.96. The van der Waals surface area contributed by atoms with Gasteiger partial charge < -0.3 is 19.9 Å². The van der Waals surface area contributed by atoms with Gasteiger partial charge in [-0.25, -0.2) is 14.8 Å². The van der Waals surface area contributed by atoms with Gasteiger partial charge in [0.25, 0.3) is 0 Å². The van der Waals surface area contributed by atoms with Crippen LogP contribution in [-0.2, 0) is 11.8 Å². The van der Waals surface area contributed by atoms with Crippen molar-refractivity contribution in [3.8, 4) is 0 Å². The molecule has 3 heterocycles. The molecule has 0 radical (unpaired) electrons. The normalized spacial score (nSPS) is 15.0. The van der Waals surface area contributed by atoms with Crippen molar-refractivity contribution >= 4 is 22.9 Å². The third-order valence-electron chi connectivity index (χ3n) is 4.32. The highest BCUT2D eigenvalue weighted by atomic mass is 16.5. The van der Waals surface area contributed by atoms with Gasteiger partial charge in [0.05, 0.1) is 11.6 Å². The SMILES string of the molecule is CCOCCCNC(=O)N1CCN(c2ncnc3c2cnn3C)CC1. The number of carbonyl (C=O) groups is 1. The molecule has 0 saturated carbocycles. The number of fused-ring (bicyclic) bond motifs is 1. The maximum absolute atomic E-state index is 12.2. The van der Waals surface area contributed by atoms with Crippen LogP contribution in [0, 0.1) is 0 Å². The fourth-order valence-corrected chi connectivity index (χ4v) is 2.95. The number of piperazine rings is 1. The molecule has 0 unspecified atom stereocenters. The van der Waals surface area contributed by atoms with E-state index in [4.69, 9.17) is 4.74 Å². The van der Waals surface area contributed by atoms with Crippen molar-refractivity contribution < 1.29 is 9.53 Å². The van der Waals surface area contributed by atoms with Crippen molar-refractivity contribution in [2.75, 3.05) is 50.8 Å². The summed E-state index contributed by atoms with van der Waals surface area (Å²) in [4.78, 5) is 24.9. The molecule has 2 amide bonds. The maximum atomic E-state index is 12.2. The summed E-state index contributed by atoms with van der Waals surface area (Å²) in [5, 5.41) is 8.14. The van der Waals surface area contributed by atoms with Crippen LogP contribution in [0.5, 0.6) is 0 Å². The lowest BCUT2D eigenvalue weighted by Crippen LogP contribution is -2.52. The van der Waals surface area contributed by atoms with Crippen LogP contribution in [0.4, 0.5) is 10.6 Å². The van der Waals surface area contributed by atoms with E-state index < -0.39 is 0 Å². The molecule has 0 aromatic carbocycles. The van der Waals surface area contributed by atoms with Gasteiger partial charge in [-0.15, -0.1) is 0 Å². The number of nitrogens with one attached hydrogen (secondary N) is 1. The monoisotopic (exact) mass is 347 g/mol. The predicted octanol–water partition coefficient (Wildman–Crippen LogP) is 0.622. The first-order chi connectivity index (χ1) is 12.2. The standard InChI is InChI=1S/C16H25N7O2/c1-3-25-10-4-5-17-16(24)23-8-6-22(7-9-23)15-13-11-20-21(2)14(13)18-12-19-15/h11-12H,3-10H2,1-2H3,(H,17,24). The Morgan fingerprint density at radius 3 is 2.84 bits per heavy atom. The summed E-state index contributed by atoms with van der Waals surface area (Å²) in [5.74, 6) is 0.884. The zero-order valence-electron chi connectivity index (χ0n) is 14.8. The van der Waals surface area contributed by atoms with Gasteiger partial charge in [0, 0.05) is 53.0 Å². The molecule has 1 aliphatic heterocycles. The molecule has 0 atom stereocenters. The van der Waals surface area contributed by atoms with Gasteiger partial charge in [-0.3, -0.25) is 4.68 Å². The minimum Gasteiger partial charge on any atom is -0.382 e. The molecule has 1 fully saturated rings. The smallest absolute Gasteiger partial charge is 0.317 e. The fourth-order valence-electron chi connectivity index (χ4n) is 2.95. The number of aromatic nitrogens is 4. The Morgan fingerprint density at radius 1 is 1.28 bits per heavy atom. The van der Waals surface area contributed by atoms with Crippen molar-refractivity contribution in [2.24, 2.45) is 7.05 Å². The number of carbonyl (C=O) groups excluding carboxylic acids is 1. The molecular formula is C16H25N7O2. The molecule has 0 aliphatic carbocycles. The van der Waals surface area contributed by atoms with Gasteiger partial charge in [-0.2, -0.15) is 5.10 Å². The summed E-state index contributed by atoms with van der Waals surface area (Å²) in [7, 11) is 1.87. The molecular weight excluding hydrogens is 322 g/mol. The number of aryl methyl sites for hydroxylation is 1. The number of nitrogens with zero attached hydrogens (tertiary/aromatic N) is 6. The number of ether oxygens (including phenoxy) is 1. The third kappa shape index (κ3) is 3.98. The molecule has 1 N–H and O–H groups in total. The second kappa shape index (κ2) is 8.11. The van der Waals surface area contributed by atoms with Crippen molar-refractivity contribution in [3.63, 3.8) is 0 Å².